The van der Waals surface area contributed by atoms with Gasteiger partial charge in [0, 0.05) is 18.6 Å². The summed E-state index contributed by atoms with van der Waals surface area (Å²) in [6.45, 7) is 0.453. The second-order valence-corrected chi connectivity index (χ2v) is 9.43. The van der Waals surface area contributed by atoms with E-state index in [0.717, 1.165) is 43.2 Å². The molecule has 7 nitrogen and oxygen atoms in total. The van der Waals surface area contributed by atoms with Crippen LogP contribution >= 0.6 is 0 Å². The summed E-state index contributed by atoms with van der Waals surface area (Å²) in [5.41, 5.74) is 12.8. The number of benzene rings is 2. The molecule has 0 aliphatic heterocycles. The number of hydrogen-bond acceptors (Lipinski definition) is 6. The predicted octanol–water partition coefficient (Wildman–Crippen LogP) is 2.90. The average molecular weight is 503 g/mol. The molecule has 2 aliphatic rings. The fraction of sp³-hybridized carbons (Fsp3) is 0.462. The Balaban J connectivity index is 1.52. The third kappa shape index (κ3) is 5.78. The third-order valence-electron chi connectivity index (χ3n) is 7.13. The van der Waals surface area contributed by atoms with E-state index in [1.807, 2.05) is 37.4 Å². The van der Waals surface area contributed by atoms with Gasteiger partial charge in [-0.1, -0.05) is 36.8 Å². The van der Waals surface area contributed by atoms with E-state index < -0.39 is 23.3 Å². The van der Waals surface area contributed by atoms with Gasteiger partial charge in [0.05, 0.1) is 28.7 Å². The molecule has 2 aromatic carbocycles. The first-order chi connectivity index (χ1) is 17.3. The quantitative estimate of drug-likeness (QED) is 0.106. The number of alkyl halides is 3. The van der Waals surface area contributed by atoms with Gasteiger partial charge in [-0.2, -0.15) is 13.2 Å². The van der Waals surface area contributed by atoms with Crippen molar-refractivity contribution in [1.29, 1.82) is 0 Å². The lowest BCUT2D eigenvalue weighted by Gasteiger charge is -2.30. The van der Waals surface area contributed by atoms with Crippen molar-refractivity contribution in [2.45, 2.75) is 49.6 Å². The number of amidine groups is 1. The normalized spacial score (nSPS) is 28.3. The molecule has 3 unspecified atom stereocenters. The van der Waals surface area contributed by atoms with E-state index in [-0.39, 0.29) is 18.0 Å². The number of carbonyl (C=O) groups excluding carboxylic acids is 1. The number of hydrazine groups is 1. The first-order valence-electron chi connectivity index (χ1n) is 12.2. The van der Waals surface area contributed by atoms with E-state index in [4.69, 9.17) is 5.73 Å². The van der Waals surface area contributed by atoms with Crippen molar-refractivity contribution < 1.29 is 18.0 Å². The highest BCUT2D eigenvalue weighted by atomic mass is 19.4. The van der Waals surface area contributed by atoms with Crippen molar-refractivity contribution >= 4 is 17.8 Å². The highest BCUT2D eigenvalue weighted by Crippen LogP contribution is 2.49. The summed E-state index contributed by atoms with van der Waals surface area (Å²) >= 11 is 0. The zero-order valence-electron chi connectivity index (χ0n) is 20.2. The Morgan fingerprint density at radius 1 is 1.11 bits per heavy atom. The molecule has 194 valence electrons. The van der Waals surface area contributed by atoms with Crippen LogP contribution in [0.4, 0.5) is 18.9 Å². The number of nitrogens with zero attached hydrogens (tertiary/aromatic N) is 1. The molecule has 6 N–H and O–H groups in total. The second kappa shape index (κ2) is 11.1. The van der Waals surface area contributed by atoms with Crippen LogP contribution in [0.15, 0.2) is 59.6 Å². The van der Waals surface area contributed by atoms with Crippen LogP contribution in [0.1, 0.15) is 30.4 Å². The van der Waals surface area contributed by atoms with E-state index in [9.17, 15) is 18.0 Å². The van der Waals surface area contributed by atoms with Crippen LogP contribution < -0.4 is 27.2 Å². The molecule has 10 heteroatoms. The Morgan fingerprint density at radius 3 is 2.44 bits per heavy atom. The summed E-state index contributed by atoms with van der Waals surface area (Å²) in [6, 6.07) is 14.8. The van der Waals surface area contributed by atoms with Crippen molar-refractivity contribution in [2.24, 2.45) is 22.6 Å². The Kier molecular flexibility index (Phi) is 8.09. The van der Waals surface area contributed by atoms with Gasteiger partial charge in [0.15, 0.2) is 0 Å². The van der Waals surface area contributed by atoms with E-state index in [0.29, 0.717) is 24.5 Å². The topological polar surface area (TPSA) is 104 Å². The molecule has 4 rings (SSSR count). The molecule has 36 heavy (non-hydrogen) atoms. The number of halogens is 3. The minimum absolute atomic E-state index is 0.105. The molecule has 0 amide bonds. The summed E-state index contributed by atoms with van der Waals surface area (Å²) in [5, 5.41) is 7.18. The van der Waals surface area contributed by atoms with Crippen LogP contribution in [0.25, 0.3) is 0 Å². The maximum absolute atomic E-state index is 12.9. The summed E-state index contributed by atoms with van der Waals surface area (Å²) in [4.78, 5) is 16.7. The van der Waals surface area contributed by atoms with Gasteiger partial charge in [-0.25, -0.2) is 4.99 Å². The summed E-state index contributed by atoms with van der Waals surface area (Å²) < 4.78 is 38.7. The zero-order chi connectivity index (χ0) is 25.8. The number of hydrogen-bond donors (Lipinski definition) is 5. The van der Waals surface area contributed by atoms with Crippen molar-refractivity contribution in [3.63, 3.8) is 0 Å². The molecule has 2 fully saturated rings. The molecule has 0 bridgehead atoms. The number of nitrogens with one attached hydrogen (secondary N) is 4. The molecular formula is C26H33F3N6O. The molecule has 0 radical (unpaired) electrons. The Labute approximate surface area is 209 Å². The number of carbonyl (C=O) groups is 1. The predicted molar refractivity (Wildman–Crippen MR) is 133 cm³/mol. The van der Waals surface area contributed by atoms with Gasteiger partial charge in [0.1, 0.15) is 12.1 Å². The van der Waals surface area contributed by atoms with Gasteiger partial charge < -0.3 is 10.5 Å². The number of aliphatic imine (C=N–C) groups is 1. The lowest BCUT2D eigenvalue weighted by molar-refractivity contribution is -0.137. The molecule has 2 aliphatic carbocycles. The maximum atomic E-state index is 12.9. The highest BCUT2D eigenvalue weighted by Gasteiger charge is 2.67. The van der Waals surface area contributed by atoms with Crippen LogP contribution in [0.3, 0.4) is 0 Å². The van der Waals surface area contributed by atoms with Crippen molar-refractivity contribution in [3.05, 3.63) is 65.7 Å². The zero-order valence-corrected chi connectivity index (χ0v) is 20.2. The second-order valence-electron chi connectivity index (χ2n) is 9.43. The smallest absolute Gasteiger partial charge is 0.387 e. The maximum Gasteiger partial charge on any atom is 0.416 e. The molecule has 2 saturated carbocycles. The van der Waals surface area contributed by atoms with Crippen molar-refractivity contribution in [1.82, 2.24) is 21.5 Å². The molecule has 0 heterocycles. The van der Waals surface area contributed by atoms with E-state index in [1.54, 1.807) is 0 Å². The Hall–Kier alpha value is -2.79. The standard InChI is InChI=1S/C26H33F3N6O/c1-31-35-22-9-5-8-21(22)34-25(32-15-14-17-10-12-18(13-11-17)26(27,28)29)20(16-36)23(25)24(30)33-19-6-3-2-4-7-19/h2-4,6-7,10-13,16,20-23,31-32,34-35H,5,8-9,14-15H2,1H3,(H2,30,33)/t20?,21-,22+,23?,25?/m0/s1. The lowest BCUT2D eigenvalue weighted by Crippen LogP contribution is -2.59. The molecule has 2 aromatic rings. The third-order valence-corrected chi connectivity index (χ3v) is 7.13. The van der Waals surface area contributed by atoms with E-state index >= 15 is 0 Å². The Bertz CT molecular complexity index is 1050. The molecule has 0 aromatic heterocycles. The van der Waals surface area contributed by atoms with Crippen LogP contribution in [-0.4, -0.2) is 43.5 Å². The van der Waals surface area contributed by atoms with Crippen LogP contribution in [0.2, 0.25) is 0 Å². The average Bonchev–Trinajstić information content (AvgIpc) is 3.28. The first-order valence-corrected chi connectivity index (χ1v) is 12.2. The molecule has 0 saturated heterocycles. The number of para-hydroxylation sites is 1. The van der Waals surface area contributed by atoms with Gasteiger partial charge in [0.25, 0.3) is 0 Å². The van der Waals surface area contributed by atoms with Gasteiger partial charge in [0.2, 0.25) is 0 Å². The monoisotopic (exact) mass is 502 g/mol. The summed E-state index contributed by atoms with van der Waals surface area (Å²) in [6.07, 6.45) is 0.0184. The highest BCUT2D eigenvalue weighted by molar-refractivity contribution is 5.94. The van der Waals surface area contributed by atoms with Crippen LogP contribution in [0, 0.1) is 11.8 Å². The Morgan fingerprint density at radius 2 is 1.81 bits per heavy atom. The largest absolute Gasteiger partial charge is 0.416 e. The van der Waals surface area contributed by atoms with Gasteiger partial charge in [-0.15, -0.1) is 0 Å². The summed E-state index contributed by atoms with van der Waals surface area (Å²) in [7, 11) is 1.83. The fourth-order valence-corrected chi connectivity index (χ4v) is 5.28. The van der Waals surface area contributed by atoms with Gasteiger partial charge in [-0.3, -0.25) is 21.5 Å². The lowest BCUT2D eigenvalue weighted by atomic mass is 10.1. The molecule has 5 atom stereocenters. The van der Waals surface area contributed by atoms with E-state index in [1.165, 1.54) is 12.1 Å². The van der Waals surface area contributed by atoms with Crippen molar-refractivity contribution in [3.8, 4) is 0 Å². The van der Waals surface area contributed by atoms with E-state index in [2.05, 4.69) is 26.5 Å². The molecule has 0 spiro atoms. The van der Waals surface area contributed by atoms with Crippen LogP contribution in [-0.2, 0) is 17.4 Å². The minimum atomic E-state index is -4.36. The summed E-state index contributed by atoms with van der Waals surface area (Å²) in [5.74, 6) is -0.406. The number of nitrogens with two attached hydrogens (primary N) is 1. The van der Waals surface area contributed by atoms with Gasteiger partial charge >= 0.3 is 6.18 Å². The first kappa shape index (κ1) is 26.3. The van der Waals surface area contributed by atoms with Gasteiger partial charge in [-0.05, 0) is 56.1 Å². The molecular weight excluding hydrogens is 469 g/mol. The SMILES string of the molecule is CNN[C@@H]1CCC[C@@H]1NC1(NCCc2ccc(C(F)(F)F)cc2)C(C=O)C1C(N)=Nc1ccccc1. The van der Waals surface area contributed by atoms with Crippen LogP contribution in [0.5, 0.6) is 0 Å². The number of aldehydes is 1. The minimum Gasteiger partial charge on any atom is -0.387 e. The van der Waals surface area contributed by atoms with Crippen molar-refractivity contribution in [2.75, 3.05) is 13.6 Å². The number of rotatable bonds is 11. The fourth-order valence-electron chi connectivity index (χ4n) is 5.28.